The van der Waals surface area contributed by atoms with Crippen molar-refractivity contribution in [2.24, 2.45) is 5.73 Å². The van der Waals surface area contributed by atoms with Crippen LogP contribution in [0, 0.1) is 0 Å². The Morgan fingerprint density at radius 3 is 2.79 bits per heavy atom. The Hall–Kier alpha value is -1.42. The van der Waals surface area contributed by atoms with E-state index in [9.17, 15) is 4.79 Å². The molecule has 0 aliphatic rings. The van der Waals surface area contributed by atoms with Gasteiger partial charge in [0.05, 0.1) is 22.9 Å². The van der Waals surface area contributed by atoms with E-state index in [1.54, 1.807) is 6.92 Å². The maximum absolute atomic E-state index is 11.0. The molecule has 1 radical (unpaired) electrons. The zero-order valence-corrected chi connectivity index (χ0v) is 8.39. The fourth-order valence-corrected chi connectivity index (χ4v) is 1.18. The quantitative estimate of drug-likeness (QED) is 0.831. The molecule has 0 heterocycles. The zero-order valence-electron chi connectivity index (χ0n) is 7.63. The standard InChI is InChI=1S/C9H10ClN2O2/c1-2-14-8-4-7(11)6(10)3-5(8)9(12)13/h3-4,11H,2H2,1H3,(H2,12,13). The van der Waals surface area contributed by atoms with Crippen molar-refractivity contribution in [2.45, 2.75) is 6.92 Å². The Balaban J connectivity index is 3.24. The number of primary amides is 1. The number of halogens is 1. The summed E-state index contributed by atoms with van der Waals surface area (Å²) in [6.45, 7) is 2.18. The van der Waals surface area contributed by atoms with E-state index in [0.29, 0.717) is 12.4 Å². The van der Waals surface area contributed by atoms with Crippen molar-refractivity contribution in [3.05, 3.63) is 22.7 Å². The molecule has 1 aromatic rings. The number of benzene rings is 1. The minimum absolute atomic E-state index is 0.111. The van der Waals surface area contributed by atoms with E-state index in [2.05, 4.69) is 0 Å². The Bertz CT molecular complexity index is 366. The summed E-state index contributed by atoms with van der Waals surface area (Å²) in [5, 5.41) is 0.183. The van der Waals surface area contributed by atoms with Gasteiger partial charge in [-0.05, 0) is 13.0 Å². The molecule has 1 rings (SSSR count). The van der Waals surface area contributed by atoms with Gasteiger partial charge in [0.2, 0.25) is 0 Å². The predicted octanol–water partition coefficient (Wildman–Crippen LogP) is 1.75. The average molecular weight is 214 g/mol. The van der Waals surface area contributed by atoms with Crippen LogP contribution in [0.15, 0.2) is 12.1 Å². The first-order valence-corrected chi connectivity index (χ1v) is 4.41. The van der Waals surface area contributed by atoms with Gasteiger partial charge in [-0.2, -0.15) is 0 Å². The molecule has 0 unspecified atom stereocenters. The summed E-state index contributed by atoms with van der Waals surface area (Å²) in [6, 6.07) is 2.73. The van der Waals surface area contributed by atoms with Crippen LogP contribution in [0.4, 0.5) is 5.69 Å². The first kappa shape index (κ1) is 10.7. The van der Waals surface area contributed by atoms with Crippen LogP contribution in [0.25, 0.3) is 0 Å². The van der Waals surface area contributed by atoms with Crippen LogP contribution in [0.5, 0.6) is 5.75 Å². The number of carbonyl (C=O) groups excluding carboxylic acids is 1. The highest BCUT2D eigenvalue weighted by atomic mass is 35.5. The highest BCUT2D eigenvalue weighted by Gasteiger charge is 2.12. The molecule has 0 spiro atoms. The SMILES string of the molecule is CCOc1cc([NH])c(Cl)cc1C(N)=O. The Labute approximate surface area is 86.8 Å². The number of hydrogen-bond acceptors (Lipinski definition) is 2. The van der Waals surface area contributed by atoms with Crippen LogP contribution in [-0.2, 0) is 0 Å². The van der Waals surface area contributed by atoms with E-state index in [4.69, 9.17) is 27.8 Å². The lowest BCUT2D eigenvalue weighted by atomic mass is 10.1. The second-order valence-electron chi connectivity index (χ2n) is 2.63. The molecule has 0 bridgehead atoms. The molecule has 5 heteroatoms. The molecule has 0 saturated carbocycles. The summed E-state index contributed by atoms with van der Waals surface area (Å²) in [6.07, 6.45) is 0. The minimum Gasteiger partial charge on any atom is -0.493 e. The van der Waals surface area contributed by atoms with Crippen LogP contribution < -0.4 is 16.2 Å². The molecule has 3 N–H and O–H groups in total. The summed E-state index contributed by atoms with van der Waals surface area (Å²) in [7, 11) is 0. The second-order valence-corrected chi connectivity index (χ2v) is 3.03. The van der Waals surface area contributed by atoms with Gasteiger partial charge in [-0.3, -0.25) is 10.5 Å². The number of carbonyl (C=O) groups is 1. The maximum atomic E-state index is 11.0. The fourth-order valence-electron chi connectivity index (χ4n) is 1.02. The largest absolute Gasteiger partial charge is 0.493 e. The lowest BCUT2D eigenvalue weighted by molar-refractivity contribution is 0.0996. The van der Waals surface area contributed by atoms with Gasteiger partial charge < -0.3 is 10.5 Å². The summed E-state index contributed by atoms with van der Waals surface area (Å²) in [5.74, 6) is -0.315. The molecule has 1 aromatic carbocycles. The zero-order chi connectivity index (χ0) is 10.7. The molecule has 4 nitrogen and oxygen atoms in total. The third-order valence-electron chi connectivity index (χ3n) is 1.63. The Morgan fingerprint density at radius 2 is 2.29 bits per heavy atom. The molecule has 0 aliphatic carbocycles. The molecule has 75 valence electrons. The van der Waals surface area contributed by atoms with E-state index >= 15 is 0 Å². The number of rotatable bonds is 3. The first-order valence-electron chi connectivity index (χ1n) is 4.04. The molecule has 1 amide bonds. The van der Waals surface area contributed by atoms with Gasteiger partial charge in [-0.15, -0.1) is 0 Å². The summed E-state index contributed by atoms with van der Waals surface area (Å²) >= 11 is 5.68. The van der Waals surface area contributed by atoms with Crippen molar-refractivity contribution in [3.63, 3.8) is 0 Å². The Kier molecular flexibility index (Phi) is 3.19. The Morgan fingerprint density at radius 1 is 1.64 bits per heavy atom. The molecule has 0 atom stereocenters. The van der Waals surface area contributed by atoms with E-state index < -0.39 is 5.91 Å². The number of nitrogens with one attached hydrogen (secondary N) is 1. The number of amides is 1. The van der Waals surface area contributed by atoms with Crippen molar-refractivity contribution in [2.75, 3.05) is 6.61 Å². The van der Waals surface area contributed by atoms with Gasteiger partial charge in [-0.1, -0.05) is 11.6 Å². The third kappa shape index (κ3) is 2.09. The maximum Gasteiger partial charge on any atom is 0.252 e. The van der Waals surface area contributed by atoms with Gasteiger partial charge in [-0.25, -0.2) is 0 Å². The number of hydrogen-bond donors (Lipinski definition) is 1. The summed E-state index contributed by atoms with van der Waals surface area (Å²) in [5.41, 5.74) is 12.9. The predicted molar refractivity (Wildman–Crippen MR) is 53.9 cm³/mol. The van der Waals surface area contributed by atoms with Crippen molar-refractivity contribution in [3.8, 4) is 5.75 Å². The van der Waals surface area contributed by atoms with Crippen LogP contribution >= 0.6 is 11.6 Å². The number of ether oxygens (including phenoxy) is 1. The number of nitrogens with two attached hydrogens (primary N) is 1. The smallest absolute Gasteiger partial charge is 0.252 e. The van der Waals surface area contributed by atoms with Crippen molar-refractivity contribution in [1.29, 1.82) is 0 Å². The topological polar surface area (TPSA) is 76.1 Å². The normalized spacial score (nSPS) is 9.86. The first-order chi connectivity index (χ1) is 6.56. The van der Waals surface area contributed by atoms with E-state index in [1.807, 2.05) is 0 Å². The van der Waals surface area contributed by atoms with Crippen molar-refractivity contribution >= 4 is 23.2 Å². The summed E-state index contributed by atoms with van der Waals surface area (Å²) in [4.78, 5) is 11.0. The van der Waals surface area contributed by atoms with Crippen LogP contribution in [0.1, 0.15) is 17.3 Å². The van der Waals surface area contributed by atoms with Crippen LogP contribution in [0.3, 0.4) is 0 Å². The molecule has 0 aliphatic heterocycles. The molecule has 0 fully saturated rings. The fraction of sp³-hybridized carbons (Fsp3) is 0.222. The minimum atomic E-state index is -0.615. The van der Waals surface area contributed by atoms with Crippen molar-refractivity contribution in [1.82, 2.24) is 5.73 Å². The molecular weight excluding hydrogens is 204 g/mol. The highest BCUT2D eigenvalue weighted by molar-refractivity contribution is 6.33. The van der Waals surface area contributed by atoms with Gasteiger partial charge in [0.1, 0.15) is 5.75 Å². The van der Waals surface area contributed by atoms with Crippen LogP contribution in [0.2, 0.25) is 5.02 Å². The lowest BCUT2D eigenvalue weighted by Gasteiger charge is -2.08. The molecule has 0 saturated heterocycles. The average Bonchev–Trinajstić information content (AvgIpc) is 2.11. The summed E-state index contributed by atoms with van der Waals surface area (Å²) < 4.78 is 5.15. The molecule has 0 aromatic heterocycles. The van der Waals surface area contributed by atoms with E-state index in [-0.39, 0.29) is 16.3 Å². The van der Waals surface area contributed by atoms with E-state index in [1.165, 1.54) is 12.1 Å². The lowest BCUT2D eigenvalue weighted by Crippen LogP contribution is -2.13. The van der Waals surface area contributed by atoms with E-state index in [0.717, 1.165) is 0 Å². The van der Waals surface area contributed by atoms with Gasteiger partial charge in [0, 0.05) is 6.07 Å². The van der Waals surface area contributed by atoms with Crippen LogP contribution in [-0.4, -0.2) is 12.5 Å². The monoisotopic (exact) mass is 213 g/mol. The van der Waals surface area contributed by atoms with Crippen molar-refractivity contribution < 1.29 is 9.53 Å². The van der Waals surface area contributed by atoms with Gasteiger partial charge >= 0.3 is 0 Å². The molecule has 14 heavy (non-hydrogen) atoms. The molecular formula is C9H10ClN2O2. The van der Waals surface area contributed by atoms with Gasteiger partial charge in [0.15, 0.2) is 0 Å². The third-order valence-corrected chi connectivity index (χ3v) is 1.95. The second kappa shape index (κ2) is 4.19. The highest BCUT2D eigenvalue weighted by Crippen LogP contribution is 2.29. The van der Waals surface area contributed by atoms with Gasteiger partial charge in [0.25, 0.3) is 5.91 Å².